The molecule has 1 aromatic carbocycles. The zero-order valence-corrected chi connectivity index (χ0v) is 11.5. The maximum Gasteiger partial charge on any atom is 0.242 e. The Morgan fingerprint density at radius 1 is 1.47 bits per heavy atom. The molecule has 1 aliphatic heterocycles. The zero-order chi connectivity index (χ0) is 14.0. The van der Waals surface area contributed by atoms with Crippen LogP contribution in [0.15, 0.2) is 18.2 Å². The molecule has 0 saturated carbocycles. The summed E-state index contributed by atoms with van der Waals surface area (Å²) in [4.78, 5) is 25.0. The maximum absolute atomic E-state index is 11.9. The molecular formula is C13H15ClN2O3. The molecule has 1 aromatic rings. The molecule has 19 heavy (non-hydrogen) atoms. The van der Waals surface area contributed by atoms with Crippen LogP contribution < -0.4 is 10.1 Å². The number of halogens is 1. The van der Waals surface area contributed by atoms with E-state index in [-0.39, 0.29) is 24.9 Å². The number of nitrogens with one attached hydrogen (secondary N) is 1. The Labute approximate surface area is 116 Å². The van der Waals surface area contributed by atoms with Gasteiger partial charge in [-0.1, -0.05) is 17.7 Å². The van der Waals surface area contributed by atoms with Gasteiger partial charge >= 0.3 is 0 Å². The third kappa shape index (κ3) is 2.66. The average Bonchev–Trinajstić information content (AvgIpc) is 2.40. The summed E-state index contributed by atoms with van der Waals surface area (Å²) in [6.07, 6.45) is 0. The van der Waals surface area contributed by atoms with Crippen molar-refractivity contribution >= 4 is 23.4 Å². The highest BCUT2D eigenvalue weighted by Crippen LogP contribution is 2.28. The smallest absolute Gasteiger partial charge is 0.242 e. The lowest BCUT2D eigenvalue weighted by Gasteiger charge is -2.33. The van der Waals surface area contributed by atoms with E-state index in [1.807, 2.05) is 0 Å². The van der Waals surface area contributed by atoms with Crippen LogP contribution in [0.1, 0.15) is 12.5 Å². The molecule has 1 aliphatic rings. The van der Waals surface area contributed by atoms with Crippen molar-refractivity contribution in [3.05, 3.63) is 28.8 Å². The first-order valence-electron chi connectivity index (χ1n) is 5.93. The van der Waals surface area contributed by atoms with Gasteiger partial charge in [-0.2, -0.15) is 0 Å². The summed E-state index contributed by atoms with van der Waals surface area (Å²) in [7, 11) is 1.54. The summed E-state index contributed by atoms with van der Waals surface area (Å²) < 4.78 is 5.24. The van der Waals surface area contributed by atoms with Crippen LogP contribution in [0.3, 0.4) is 0 Å². The summed E-state index contributed by atoms with van der Waals surface area (Å²) in [5.74, 6) is 0.318. The summed E-state index contributed by atoms with van der Waals surface area (Å²) >= 11 is 6.14. The highest BCUT2D eigenvalue weighted by Gasteiger charge is 2.31. The number of nitrogens with zero attached hydrogens (tertiary/aromatic N) is 1. The highest BCUT2D eigenvalue weighted by molar-refractivity contribution is 6.31. The van der Waals surface area contributed by atoms with Crippen LogP contribution in [0.5, 0.6) is 5.75 Å². The predicted molar refractivity (Wildman–Crippen MR) is 71.0 cm³/mol. The van der Waals surface area contributed by atoms with Gasteiger partial charge in [0.05, 0.1) is 20.2 Å². The number of rotatable bonds is 3. The van der Waals surface area contributed by atoms with Crippen molar-refractivity contribution in [3.8, 4) is 5.75 Å². The molecule has 2 amide bonds. The summed E-state index contributed by atoms with van der Waals surface area (Å²) in [5, 5.41) is 3.06. The minimum absolute atomic E-state index is 0.0238. The Morgan fingerprint density at radius 2 is 2.21 bits per heavy atom. The monoisotopic (exact) mass is 282 g/mol. The van der Waals surface area contributed by atoms with Gasteiger partial charge < -0.3 is 15.0 Å². The van der Waals surface area contributed by atoms with E-state index in [1.165, 1.54) is 4.90 Å². The number of methoxy groups -OCH3 is 1. The summed E-state index contributed by atoms with van der Waals surface area (Å²) in [6, 6.07) is 4.78. The number of ether oxygens (including phenoxy) is 1. The van der Waals surface area contributed by atoms with Crippen molar-refractivity contribution in [2.45, 2.75) is 19.5 Å². The fourth-order valence-electron chi connectivity index (χ4n) is 2.05. The fourth-order valence-corrected chi connectivity index (χ4v) is 2.27. The molecule has 1 atom stereocenters. The number of amides is 2. The molecule has 0 aromatic heterocycles. The Bertz CT molecular complexity index is 519. The molecule has 2 rings (SSSR count). The van der Waals surface area contributed by atoms with Gasteiger partial charge in [0.15, 0.2) is 0 Å². The van der Waals surface area contributed by atoms with E-state index in [2.05, 4.69) is 5.32 Å². The van der Waals surface area contributed by atoms with Crippen molar-refractivity contribution in [1.29, 1.82) is 0 Å². The molecule has 6 heteroatoms. The fraction of sp³-hybridized carbons (Fsp3) is 0.385. The first-order chi connectivity index (χ1) is 9.04. The van der Waals surface area contributed by atoms with Crippen molar-refractivity contribution < 1.29 is 14.3 Å². The number of hydrogen-bond donors (Lipinski definition) is 1. The molecule has 0 radical (unpaired) electrons. The van der Waals surface area contributed by atoms with Crippen molar-refractivity contribution in [2.24, 2.45) is 0 Å². The van der Waals surface area contributed by atoms with Crippen molar-refractivity contribution in [2.75, 3.05) is 13.7 Å². The Balaban J connectivity index is 2.29. The second-order valence-corrected chi connectivity index (χ2v) is 4.74. The predicted octanol–water partition coefficient (Wildman–Crippen LogP) is 1.20. The first kappa shape index (κ1) is 13.7. The van der Waals surface area contributed by atoms with E-state index in [1.54, 1.807) is 32.2 Å². The first-order valence-corrected chi connectivity index (χ1v) is 6.31. The van der Waals surface area contributed by atoms with Gasteiger partial charge in [-0.05, 0) is 19.1 Å². The van der Waals surface area contributed by atoms with E-state index >= 15 is 0 Å². The Kier molecular flexibility index (Phi) is 3.95. The number of piperazine rings is 1. The van der Waals surface area contributed by atoms with Crippen LogP contribution in [-0.2, 0) is 16.1 Å². The molecule has 0 aliphatic carbocycles. The average molecular weight is 283 g/mol. The second-order valence-electron chi connectivity index (χ2n) is 4.34. The topological polar surface area (TPSA) is 58.6 Å². The number of benzene rings is 1. The number of carbonyl (C=O) groups is 2. The van der Waals surface area contributed by atoms with Gasteiger partial charge in [0.2, 0.25) is 11.8 Å². The van der Waals surface area contributed by atoms with Gasteiger partial charge in [-0.3, -0.25) is 9.59 Å². The quantitative estimate of drug-likeness (QED) is 0.906. The van der Waals surface area contributed by atoms with Crippen molar-refractivity contribution in [3.63, 3.8) is 0 Å². The summed E-state index contributed by atoms with van der Waals surface area (Å²) in [6.45, 7) is 1.97. The van der Waals surface area contributed by atoms with E-state index in [0.29, 0.717) is 16.3 Å². The van der Waals surface area contributed by atoms with E-state index in [4.69, 9.17) is 16.3 Å². The lowest BCUT2D eigenvalue weighted by atomic mass is 10.1. The van der Waals surface area contributed by atoms with E-state index < -0.39 is 6.04 Å². The van der Waals surface area contributed by atoms with Crippen molar-refractivity contribution in [1.82, 2.24) is 10.2 Å². The van der Waals surface area contributed by atoms with Gasteiger partial charge in [0.25, 0.3) is 0 Å². The second kappa shape index (κ2) is 5.48. The van der Waals surface area contributed by atoms with Gasteiger partial charge in [0.1, 0.15) is 11.8 Å². The van der Waals surface area contributed by atoms with E-state index in [0.717, 1.165) is 0 Å². The molecule has 5 nitrogen and oxygen atoms in total. The van der Waals surface area contributed by atoms with Crippen LogP contribution in [-0.4, -0.2) is 36.4 Å². The maximum atomic E-state index is 11.9. The Hall–Kier alpha value is -1.75. The van der Waals surface area contributed by atoms with Crippen LogP contribution in [0, 0.1) is 0 Å². The van der Waals surface area contributed by atoms with Crippen LogP contribution in [0.4, 0.5) is 0 Å². The number of hydrogen-bond acceptors (Lipinski definition) is 3. The van der Waals surface area contributed by atoms with Crippen LogP contribution in [0.2, 0.25) is 5.02 Å². The molecule has 0 bridgehead atoms. The molecule has 1 heterocycles. The lowest BCUT2D eigenvalue weighted by molar-refractivity contribution is -0.145. The van der Waals surface area contributed by atoms with Crippen LogP contribution >= 0.6 is 11.6 Å². The highest BCUT2D eigenvalue weighted by atomic mass is 35.5. The standard InChI is InChI=1S/C13H15ClN2O3/c1-8-13(18)15-6-12(17)16(8)7-9-10(14)4-3-5-11(9)19-2/h3-5,8H,6-7H2,1-2H3,(H,15,18). The molecule has 1 N–H and O–H groups in total. The molecule has 1 saturated heterocycles. The van der Waals surface area contributed by atoms with Gasteiger partial charge in [-0.25, -0.2) is 0 Å². The molecular weight excluding hydrogens is 268 g/mol. The third-order valence-corrected chi connectivity index (χ3v) is 3.56. The normalized spacial score (nSPS) is 19.3. The largest absolute Gasteiger partial charge is 0.496 e. The van der Waals surface area contributed by atoms with Crippen LogP contribution in [0.25, 0.3) is 0 Å². The van der Waals surface area contributed by atoms with E-state index in [9.17, 15) is 9.59 Å². The van der Waals surface area contributed by atoms with Gasteiger partial charge in [-0.15, -0.1) is 0 Å². The molecule has 1 unspecified atom stereocenters. The third-order valence-electron chi connectivity index (χ3n) is 3.21. The molecule has 0 spiro atoms. The SMILES string of the molecule is COc1cccc(Cl)c1CN1C(=O)CNC(=O)C1C. The zero-order valence-electron chi connectivity index (χ0n) is 10.8. The Morgan fingerprint density at radius 3 is 2.89 bits per heavy atom. The lowest BCUT2D eigenvalue weighted by Crippen LogP contribution is -2.56. The minimum Gasteiger partial charge on any atom is -0.496 e. The van der Waals surface area contributed by atoms with Gasteiger partial charge in [0, 0.05) is 10.6 Å². The molecule has 102 valence electrons. The molecule has 1 fully saturated rings. The number of carbonyl (C=O) groups excluding carboxylic acids is 2. The summed E-state index contributed by atoms with van der Waals surface area (Å²) in [5.41, 5.74) is 0.710. The minimum atomic E-state index is -0.512.